The lowest BCUT2D eigenvalue weighted by molar-refractivity contribution is 0.0841. The third-order valence-corrected chi connectivity index (χ3v) is 7.51. The number of hydrogen-bond donors (Lipinski definition) is 1. The van der Waals surface area contributed by atoms with Crippen molar-refractivity contribution in [1.29, 1.82) is 0 Å². The highest BCUT2D eigenvalue weighted by atomic mass is 32.1. The van der Waals surface area contributed by atoms with Crippen LogP contribution in [0.25, 0.3) is 0 Å². The van der Waals surface area contributed by atoms with Gasteiger partial charge >= 0.3 is 0 Å². The molecule has 2 aromatic heterocycles. The minimum absolute atomic E-state index is 0.0534. The Kier molecular flexibility index (Phi) is 5.54. The molecule has 2 saturated heterocycles. The fourth-order valence-electron chi connectivity index (χ4n) is 5.77. The van der Waals surface area contributed by atoms with E-state index >= 15 is 0 Å². The average molecular weight is 425 g/mol. The largest absolute Gasteiger partial charge is 0.376 e. The maximum atomic E-state index is 5.98. The second-order valence-corrected chi connectivity index (χ2v) is 9.44. The van der Waals surface area contributed by atoms with Crippen LogP contribution in [0, 0.1) is 13.8 Å². The third-order valence-electron chi connectivity index (χ3n) is 7.15. The molecule has 2 aliphatic heterocycles. The van der Waals surface area contributed by atoms with Gasteiger partial charge in [0.15, 0.2) is 5.11 Å². The maximum Gasteiger partial charge on any atom is 0.170 e. The Morgan fingerprint density at radius 3 is 2.70 bits per heavy atom. The monoisotopic (exact) mass is 424 g/mol. The molecule has 5 nitrogen and oxygen atoms in total. The Morgan fingerprint density at radius 2 is 2.00 bits per heavy atom. The molecule has 6 heteroatoms. The van der Waals surface area contributed by atoms with Crippen molar-refractivity contribution in [3.63, 3.8) is 0 Å². The van der Waals surface area contributed by atoms with Crippen LogP contribution in [0.15, 0.2) is 30.5 Å². The van der Waals surface area contributed by atoms with Crippen molar-refractivity contribution in [1.82, 2.24) is 19.8 Å². The number of aryl methyl sites for hydroxylation is 1. The number of nitrogens with one attached hydrogen (secondary N) is 1. The molecule has 160 valence electrons. The van der Waals surface area contributed by atoms with Crippen LogP contribution in [-0.4, -0.2) is 38.8 Å². The molecule has 3 unspecified atom stereocenters. The van der Waals surface area contributed by atoms with E-state index in [1.54, 1.807) is 0 Å². The molecule has 1 aliphatic carbocycles. The van der Waals surface area contributed by atoms with E-state index in [0.717, 1.165) is 36.8 Å². The summed E-state index contributed by atoms with van der Waals surface area (Å²) < 4.78 is 8.57. The van der Waals surface area contributed by atoms with E-state index < -0.39 is 0 Å². The molecule has 0 amide bonds. The molecule has 5 rings (SSSR count). The van der Waals surface area contributed by atoms with Crippen LogP contribution < -0.4 is 5.32 Å². The van der Waals surface area contributed by atoms with Gasteiger partial charge in [0.1, 0.15) is 0 Å². The fraction of sp³-hybridized carbons (Fsp3) is 0.583. The lowest BCUT2D eigenvalue weighted by atomic mass is 9.96. The standard InChI is InChI=1S/C24H32N4OS/c1-16-14-20(17(2)28(16)18-8-3-4-9-18)23-22(21-11-5-6-12-25-21)26-24(30)27(23)15-19-10-7-13-29-19/h5-6,11-12,14,18-19,22-23H,3-4,7-10,13,15H2,1-2H3,(H,26,30). The normalized spacial score (nSPS) is 27.2. The molecule has 1 N–H and O–H groups in total. The van der Waals surface area contributed by atoms with Crippen molar-refractivity contribution in [3.8, 4) is 0 Å². The Labute approximate surface area is 184 Å². The van der Waals surface area contributed by atoms with E-state index in [-0.39, 0.29) is 18.2 Å². The maximum absolute atomic E-state index is 5.98. The fourth-order valence-corrected chi connectivity index (χ4v) is 6.09. The number of nitrogens with zero attached hydrogens (tertiary/aromatic N) is 3. The summed E-state index contributed by atoms with van der Waals surface area (Å²) in [7, 11) is 0. The van der Waals surface area contributed by atoms with Gasteiger partial charge in [0.2, 0.25) is 0 Å². The second kappa shape index (κ2) is 8.31. The first-order valence-corrected chi connectivity index (χ1v) is 11.8. The van der Waals surface area contributed by atoms with Gasteiger partial charge in [-0.15, -0.1) is 0 Å². The SMILES string of the molecule is Cc1cc(C2C(c3ccccn3)NC(=S)N2CC2CCCO2)c(C)n1C1CCCC1. The molecule has 1 saturated carbocycles. The van der Waals surface area contributed by atoms with Crippen LogP contribution in [0.5, 0.6) is 0 Å². The zero-order chi connectivity index (χ0) is 20.7. The molecule has 30 heavy (non-hydrogen) atoms. The molecule has 4 heterocycles. The minimum atomic E-state index is 0.0534. The Morgan fingerprint density at radius 1 is 1.17 bits per heavy atom. The summed E-state index contributed by atoms with van der Waals surface area (Å²) in [4.78, 5) is 7.05. The van der Waals surface area contributed by atoms with E-state index in [4.69, 9.17) is 17.0 Å². The second-order valence-electron chi connectivity index (χ2n) is 9.05. The lowest BCUT2D eigenvalue weighted by Gasteiger charge is -2.30. The van der Waals surface area contributed by atoms with Crippen LogP contribution in [0.3, 0.4) is 0 Å². The summed E-state index contributed by atoms with van der Waals surface area (Å²) in [6, 6.07) is 9.37. The smallest absolute Gasteiger partial charge is 0.170 e. The highest BCUT2D eigenvalue weighted by Gasteiger charge is 2.42. The van der Waals surface area contributed by atoms with Crippen molar-refractivity contribution >= 4 is 17.3 Å². The first-order valence-electron chi connectivity index (χ1n) is 11.4. The number of thiocarbonyl (C=S) groups is 1. The zero-order valence-electron chi connectivity index (χ0n) is 18.0. The van der Waals surface area contributed by atoms with Crippen LogP contribution in [-0.2, 0) is 4.74 Å². The summed E-state index contributed by atoms with van der Waals surface area (Å²) in [5, 5.41) is 4.41. The predicted octanol–water partition coefficient (Wildman–Crippen LogP) is 4.77. The van der Waals surface area contributed by atoms with Gasteiger partial charge < -0.3 is 19.5 Å². The Hall–Kier alpha value is -1.92. The number of pyridine rings is 1. The summed E-state index contributed by atoms with van der Waals surface area (Å²) >= 11 is 5.84. The van der Waals surface area contributed by atoms with Crippen molar-refractivity contribution in [2.45, 2.75) is 76.6 Å². The first kappa shape index (κ1) is 20.0. The molecule has 3 atom stereocenters. The summed E-state index contributed by atoms with van der Waals surface area (Å²) in [6.07, 6.45) is 9.65. The minimum Gasteiger partial charge on any atom is -0.376 e. The quantitative estimate of drug-likeness (QED) is 0.701. The van der Waals surface area contributed by atoms with Crippen molar-refractivity contribution in [2.24, 2.45) is 0 Å². The van der Waals surface area contributed by atoms with Gasteiger partial charge in [-0.3, -0.25) is 4.98 Å². The summed E-state index contributed by atoms with van der Waals surface area (Å²) in [5.41, 5.74) is 5.17. The molecule has 0 radical (unpaired) electrons. The zero-order valence-corrected chi connectivity index (χ0v) is 18.8. The van der Waals surface area contributed by atoms with Gasteiger partial charge in [-0.25, -0.2) is 0 Å². The van der Waals surface area contributed by atoms with E-state index in [1.165, 1.54) is 42.6 Å². The van der Waals surface area contributed by atoms with Crippen molar-refractivity contribution in [2.75, 3.05) is 13.2 Å². The molecule has 3 aliphatic rings. The van der Waals surface area contributed by atoms with Crippen molar-refractivity contribution < 1.29 is 4.74 Å². The highest BCUT2D eigenvalue weighted by Crippen LogP contribution is 2.43. The van der Waals surface area contributed by atoms with Gasteiger partial charge in [-0.1, -0.05) is 18.9 Å². The molecule has 0 spiro atoms. The van der Waals surface area contributed by atoms with Crippen LogP contribution >= 0.6 is 12.2 Å². The van der Waals surface area contributed by atoms with E-state index in [2.05, 4.69) is 51.8 Å². The molecule has 3 fully saturated rings. The highest BCUT2D eigenvalue weighted by molar-refractivity contribution is 7.80. The van der Waals surface area contributed by atoms with Crippen LogP contribution in [0.4, 0.5) is 0 Å². The first-order chi connectivity index (χ1) is 14.6. The van der Waals surface area contributed by atoms with Gasteiger partial charge in [-0.05, 0) is 75.5 Å². The number of aromatic nitrogens is 2. The van der Waals surface area contributed by atoms with E-state index in [1.807, 2.05) is 12.3 Å². The summed E-state index contributed by atoms with van der Waals surface area (Å²) in [6.45, 7) is 6.26. The molecular formula is C24H32N4OS. The van der Waals surface area contributed by atoms with Gasteiger partial charge in [0.25, 0.3) is 0 Å². The van der Waals surface area contributed by atoms with Crippen LogP contribution in [0.1, 0.15) is 79.3 Å². The van der Waals surface area contributed by atoms with Crippen molar-refractivity contribution in [3.05, 3.63) is 53.1 Å². The molecular weight excluding hydrogens is 392 g/mol. The molecule has 2 aromatic rings. The van der Waals surface area contributed by atoms with E-state index in [0.29, 0.717) is 6.04 Å². The Bertz CT molecular complexity index is 899. The topological polar surface area (TPSA) is 42.3 Å². The number of ether oxygens (including phenoxy) is 1. The number of rotatable bonds is 5. The van der Waals surface area contributed by atoms with Crippen LogP contribution in [0.2, 0.25) is 0 Å². The average Bonchev–Trinajstić information content (AvgIpc) is 3.53. The molecule has 0 bridgehead atoms. The number of hydrogen-bond acceptors (Lipinski definition) is 3. The third kappa shape index (κ3) is 3.54. The predicted molar refractivity (Wildman–Crippen MR) is 123 cm³/mol. The molecule has 0 aromatic carbocycles. The lowest BCUT2D eigenvalue weighted by Crippen LogP contribution is -2.36. The van der Waals surface area contributed by atoms with Gasteiger partial charge in [0.05, 0.1) is 23.9 Å². The van der Waals surface area contributed by atoms with Gasteiger partial charge in [-0.2, -0.15) is 0 Å². The van der Waals surface area contributed by atoms with Gasteiger partial charge in [0, 0.05) is 36.8 Å². The summed E-state index contributed by atoms with van der Waals surface area (Å²) in [5.74, 6) is 0. The Balaban J connectivity index is 1.55. The van der Waals surface area contributed by atoms with E-state index in [9.17, 15) is 0 Å².